The van der Waals surface area contributed by atoms with Gasteiger partial charge in [0.25, 0.3) is 5.91 Å². The number of halogens is 1. The predicted molar refractivity (Wildman–Crippen MR) is 127 cm³/mol. The Labute approximate surface area is 198 Å². The number of methoxy groups -OCH3 is 2. The van der Waals surface area contributed by atoms with Crippen molar-refractivity contribution in [2.45, 2.75) is 19.0 Å². The topological polar surface area (TPSA) is 67.5 Å². The standard InChI is InChI=1S/C25H26ClN3O4/c1-28(15-17-6-11-23(31-2)24(13-17)32-3)16-25(30)29-21(22-5-4-12-33-22)14-20(27-29)18-7-9-19(26)10-8-18/h4-13,21H,14-16H2,1-3H3. The number of benzene rings is 2. The van der Waals surface area contributed by atoms with Crippen molar-refractivity contribution in [1.29, 1.82) is 0 Å². The van der Waals surface area contributed by atoms with Crippen LogP contribution in [0.15, 0.2) is 70.4 Å². The molecule has 0 bridgehead atoms. The number of hydrogen-bond donors (Lipinski definition) is 0. The highest BCUT2D eigenvalue weighted by atomic mass is 35.5. The van der Waals surface area contributed by atoms with Gasteiger partial charge in [-0.3, -0.25) is 9.69 Å². The van der Waals surface area contributed by atoms with E-state index in [1.807, 2.05) is 66.5 Å². The van der Waals surface area contributed by atoms with E-state index in [-0.39, 0.29) is 18.5 Å². The van der Waals surface area contributed by atoms with Crippen LogP contribution in [0.25, 0.3) is 0 Å². The fourth-order valence-electron chi connectivity index (χ4n) is 3.91. The van der Waals surface area contributed by atoms with Gasteiger partial charge in [-0.1, -0.05) is 29.8 Å². The van der Waals surface area contributed by atoms with E-state index in [0.29, 0.717) is 35.2 Å². The van der Waals surface area contributed by atoms with Gasteiger partial charge in [0.1, 0.15) is 11.8 Å². The summed E-state index contributed by atoms with van der Waals surface area (Å²) < 4.78 is 16.3. The summed E-state index contributed by atoms with van der Waals surface area (Å²) in [5.74, 6) is 1.92. The molecule has 0 fully saturated rings. The molecule has 1 unspecified atom stereocenters. The SMILES string of the molecule is COc1ccc(CN(C)CC(=O)N2N=C(c3ccc(Cl)cc3)CC2c2ccco2)cc1OC. The second kappa shape index (κ2) is 10.1. The molecule has 1 amide bonds. The van der Waals surface area contributed by atoms with Crippen LogP contribution in [0.1, 0.15) is 29.3 Å². The molecule has 8 heteroatoms. The number of nitrogens with zero attached hydrogens (tertiary/aromatic N) is 3. The number of amides is 1. The first-order chi connectivity index (χ1) is 16.0. The van der Waals surface area contributed by atoms with E-state index in [2.05, 4.69) is 5.10 Å². The predicted octanol–water partition coefficient (Wildman–Crippen LogP) is 4.76. The van der Waals surface area contributed by atoms with Crippen molar-refractivity contribution in [2.75, 3.05) is 27.8 Å². The molecule has 172 valence electrons. The number of rotatable bonds is 8. The molecule has 0 radical (unpaired) electrons. The molecule has 4 rings (SSSR count). The molecular formula is C25H26ClN3O4. The first kappa shape index (κ1) is 22.9. The fourth-order valence-corrected chi connectivity index (χ4v) is 4.04. The number of hydrogen-bond acceptors (Lipinski definition) is 6. The van der Waals surface area contributed by atoms with Crippen molar-refractivity contribution < 1.29 is 18.7 Å². The zero-order valence-corrected chi connectivity index (χ0v) is 19.6. The summed E-state index contributed by atoms with van der Waals surface area (Å²) >= 11 is 6.03. The lowest BCUT2D eigenvalue weighted by Gasteiger charge is -2.23. The highest BCUT2D eigenvalue weighted by Gasteiger charge is 2.35. The van der Waals surface area contributed by atoms with E-state index >= 15 is 0 Å². The van der Waals surface area contributed by atoms with Gasteiger partial charge < -0.3 is 13.9 Å². The minimum atomic E-state index is -0.285. The van der Waals surface area contributed by atoms with Crippen LogP contribution in [0.3, 0.4) is 0 Å². The molecule has 0 saturated carbocycles. The van der Waals surface area contributed by atoms with Crippen molar-refractivity contribution in [3.63, 3.8) is 0 Å². The Kier molecular flexibility index (Phi) is 7.01. The largest absolute Gasteiger partial charge is 0.493 e. The van der Waals surface area contributed by atoms with Gasteiger partial charge in [-0.2, -0.15) is 5.10 Å². The molecule has 1 aliphatic heterocycles. The Morgan fingerprint density at radius 1 is 1.15 bits per heavy atom. The molecule has 0 saturated heterocycles. The van der Waals surface area contributed by atoms with Crippen LogP contribution >= 0.6 is 11.6 Å². The lowest BCUT2D eigenvalue weighted by atomic mass is 10.0. The minimum Gasteiger partial charge on any atom is -0.493 e. The fraction of sp³-hybridized carbons (Fsp3) is 0.280. The summed E-state index contributed by atoms with van der Waals surface area (Å²) in [4.78, 5) is 15.2. The van der Waals surface area contributed by atoms with Crippen LogP contribution in [-0.2, 0) is 11.3 Å². The second-order valence-corrected chi connectivity index (χ2v) is 8.33. The lowest BCUT2D eigenvalue weighted by Crippen LogP contribution is -2.36. The third kappa shape index (κ3) is 5.21. The van der Waals surface area contributed by atoms with E-state index < -0.39 is 0 Å². The molecule has 0 N–H and O–H groups in total. The molecule has 1 aliphatic rings. The Morgan fingerprint density at radius 3 is 2.58 bits per heavy atom. The number of furan rings is 1. The van der Waals surface area contributed by atoms with Gasteiger partial charge in [-0.25, -0.2) is 5.01 Å². The molecule has 33 heavy (non-hydrogen) atoms. The van der Waals surface area contributed by atoms with Crippen molar-refractivity contribution in [1.82, 2.24) is 9.91 Å². The van der Waals surface area contributed by atoms with E-state index in [9.17, 15) is 4.79 Å². The Bertz CT molecular complexity index is 1130. The number of hydrazone groups is 1. The molecule has 7 nitrogen and oxygen atoms in total. The van der Waals surface area contributed by atoms with E-state index in [1.165, 1.54) is 5.01 Å². The van der Waals surface area contributed by atoms with Crippen LogP contribution in [0.4, 0.5) is 0 Å². The molecular weight excluding hydrogens is 442 g/mol. The normalized spacial score (nSPS) is 15.6. The zero-order valence-electron chi connectivity index (χ0n) is 18.8. The van der Waals surface area contributed by atoms with Gasteiger partial charge in [-0.15, -0.1) is 0 Å². The van der Waals surface area contributed by atoms with Crippen LogP contribution in [-0.4, -0.2) is 49.3 Å². The first-order valence-corrected chi connectivity index (χ1v) is 10.9. The molecule has 3 aromatic rings. The highest BCUT2D eigenvalue weighted by Crippen LogP contribution is 2.33. The van der Waals surface area contributed by atoms with E-state index in [0.717, 1.165) is 16.8 Å². The summed E-state index contributed by atoms with van der Waals surface area (Å²) in [7, 11) is 5.11. The quantitative estimate of drug-likeness (QED) is 0.477. The Morgan fingerprint density at radius 2 is 1.91 bits per heavy atom. The van der Waals surface area contributed by atoms with Crippen LogP contribution in [0.5, 0.6) is 11.5 Å². The summed E-state index contributed by atoms with van der Waals surface area (Å²) in [5, 5.41) is 6.86. The maximum Gasteiger partial charge on any atom is 0.257 e. The summed E-state index contributed by atoms with van der Waals surface area (Å²) in [6.07, 6.45) is 2.18. The molecule has 2 heterocycles. The average molecular weight is 468 g/mol. The van der Waals surface area contributed by atoms with Gasteiger partial charge in [0, 0.05) is 18.0 Å². The van der Waals surface area contributed by atoms with Crippen molar-refractivity contribution in [2.24, 2.45) is 5.10 Å². The van der Waals surface area contributed by atoms with Crippen LogP contribution in [0.2, 0.25) is 5.02 Å². The van der Waals surface area contributed by atoms with Crippen LogP contribution in [0, 0.1) is 0 Å². The third-order valence-corrected chi connectivity index (χ3v) is 5.77. The summed E-state index contributed by atoms with van der Waals surface area (Å²) in [6, 6.07) is 16.6. The van der Waals surface area contributed by atoms with Gasteiger partial charge in [-0.05, 0) is 54.6 Å². The Balaban J connectivity index is 1.50. The van der Waals surface area contributed by atoms with Gasteiger partial charge in [0.05, 0.1) is 32.7 Å². The lowest BCUT2D eigenvalue weighted by molar-refractivity contribution is -0.134. The highest BCUT2D eigenvalue weighted by molar-refractivity contribution is 6.30. The van der Waals surface area contributed by atoms with Gasteiger partial charge in [0.2, 0.25) is 0 Å². The first-order valence-electron chi connectivity index (χ1n) is 10.6. The van der Waals surface area contributed by atoms with Crippen molar-refractivity contribution in [3.05, 3.63) is 82.8 Å². The van der Waals surface area contributed by atoms with Crippen molar-refractivity contribution in [3.8, 4) is 11.5 Å². The maximum atomic E-state index is 13.3. The van der Waals surface area contributed by atoms with E-state index in [4.69, 9.17) is 25.5 Å². The second-order valence-electron chi connectivity index (χ2n) is 7.89. The summed E-state index contributed by atoms with van der Waals surface area (Å²) in [6.45, 7) is 0.766. The Hall–Kier alpha value is -3.29. The zero-order chi connectivity index (χ0) is 23.4. The molecule has 2 aromatic carbocycles. The van der Waals surface area contributed by atoms with E-state index in [1.54, 1.807) is 20.5 Å². The molecule has 0 aliphatic carbocycles. The monoisotopic (exact) mass is 467 g/mol. The number of ether oxygens (including phenoxy) is 2. The third-order valence-electron chi connectivity index (χ3n) is 5.52. The summed E-state index contributed by atoms with van der Waals surface area (Å²) in [5.41, 5.74) is 2.77. The molecule has 1 atom stereocenters. The van der Waals surface area contributed by atoms with Crippen molar-refractivity contribution >= 4 is 23.2 Å². The smallest absolute Gasteiger partial charge is 0.257 e. The molecule has 1 aromatic heterocycles. The maximum absolute atomic E-state index is 13.3. The number of carbonyl (C=O) groups excluding carboxylic acids is 1. The molecule has 0 spiro atoms. The minimum absolute atomic E-state index is 0.108. The average Bonchev–Trinajstić information content (AvgIpc) is 3.49. The van der Waals surface area contributed by atoms with Gasteiger partial charge in [0.15, 0.2) is 11.5 Å². The number of carbonyl (C=O) groups is 1. The van der Waals surface area contributed by atoms with Gasteiger partial charge >= 0.3 is 0 Å². The number of likely N-dealkylation sites (N-methyl/N-ethyl adjacent to an activating group) is 1. The van der Waals surface area contributed by atoms with Crippen LogP contribution < -0.4 is 9.47 Å².